The minimum absolute atomic E-state index is 0.340. The Morgan fingerprint density at radius 2 is 1.93 bits per heavy atom. The summed E-state index contributed by atoms with van der Waals surface area (Å²) in [5.41, 5.74) is -0.330. The fraction of sp³-hybridized carbons (Fsp3) is 0.222. The molecular weight excluding hydrogens is 262 g/mol. The van der Waals surface area contributed by atoms with Gasteiger partial charge in [0.2, 0.25) is 0 Å². The van der Waals surface area contributed by atoms with Gasteiger partial charge in [-0.1, -0.05) is 0 Å². The van der Waals surface area contributed by atoms with Crippen LogP contribution in [0.2, 0.25) is 0 Å². The van der Waals surface area contributed by atoms with Crippen LogP contribution in [-0.4, -0.2) is 14.1 Å². The first-order chi connectivity index (χ1) is 7.04. The van der Waals surface area contributed by atoms with Crippen molar-refractivity contribution in [2.45, 2.75) is 0 Å². The number of fused-ring (bicyclic) bond motifs is 1. The average molecular weight is 270 g/mol. The van der Waals surface area contributed by atoms with Crippen molar-refractivity contribution in [3.63, 3.8) is 0 Å². The van der Waals surface area contributed by atoms with E-state index in [1.165, 1.54) is 11.6 Å². The van der Waals surface area contributed by atoms with Gasteiger partial charge in [0.25, 0.3) is 5.56 Å². The van der Waals surface area contributed by atoms with Crippen LogP contribution in [0.25, 0.3) is 11.0 Å². The standard InChI is InChI=1S/C9H8BrN3O2/c1-12-7-6(5(10)3-4-11-7)8(14)13(2)9(12)15/h3-4H,1-2H3. The van der Waals surface area contributed by atoms with Gasteiger partial charge in [-0.3, -0.25) is 13.9 Å². The minimum atomic E-state index is -0.377. The third kappa shape index (κ3) is 1.32. The highest BCUT2D eigenvalue weighted by Crippen LogP contribution is 2.16. The summed E-state index contributed by atoms with van der Waals surface area (Å²) >= 11 is 3.27. The van der Waals surface area contributed by atoms with Crippen LogP contribution >= 0.6 is 15.9 Å². The largest absolute Gasteiger partial charge is 0.332 e. The molecule has 2 heterocycles. The first kappa shape index (κ1) is 10.1. The Morgan fingerprint density at radius 3 is 2.60 bits per heavy atom. The maximum atomic E-state index is 11.8. The summed E-state index contributed by atoms with van der Waals surface area (Å²) in [6, 6.07) is 1.67. The van der Waals surface area contributed by atoms with Crippen molar-refractivity contribution in [3.05, 3.63) is 37.6 Å². The fourth-order valence-corrected chi connectivity index (χ4v) is 1.92. The normalized spacial score (nSPS) is 10.9. The number of halogens is 1. The Labute approximate surface area is 93.1 Å². The third-order valence-electron chi connectivity index (χ3n) is 2.29. The predicted octanol–water partition coefficient (Wildman–Crippen LogP) is 0.395. The van der Waals surface area contributed by atoms with Crippen molar-refractivity contribution in [2.75, 3.05) is 0 Å². The molecule has 0 aromatic carbocycles. The summed E-state index contributed by atoms with van der Waals surface area (Å²) in [6.07, 6.45) is 1.55. The molecule has 6 heteroatoms. The quantitative estimate of drug-likeness (QED) is 0.696. The number of nitrogens with zero attached hydrogens (tertiary/aromatic N) is 3. The number of rotatable bonds is 0. The molecule has 0 fully saturated rings. The van der Waals surface area contributed by atoms with E-state index in [2.05, 4.69) is 20.9 Å². The minimum Gasteiger partial charge on any atom is -0.280 e. The zero-order valence-electron chi connectivity index (χ0n) is 8.19. The molecule has 0 saturated heterocycles. The van der Waals surface area contributed by atoms with E-state index in [1.54, 1.807) is 19.3 Å². The maximum Gasteiger partial charge on any atom is 0.332 e. The predicted molar refractivity (Wildman–Crippen MR) is 59.9 cm³/mol. The summed E-state index contributed by atoms with van der Waals surface area (Å²) in [6.45, 7) is 0. The summed E-state index contributed by atoms with van der Waals surface area (Å²) < 4.78 is 3.06. The molecule has 0 aliphatic heterocycles. The molecule has 2 aromatic rings. The molecule has 0 amide bonds. The lowest BCUT2D eigenvalue weighted by Gasteiger charge is -2.06. The number of aryl methyl sites for hydroxylation is 1. The Kier molecular flexibility index (Phi) is 2.22. The first-order valence-corrected chi connectivity index (χ1v) is 5.03. The van der Waals surface area contributed by atoms with E-state index in [-0.39, 0.29) is 11.2 Å². The fourth-order valence-electron chi connectivity index (χ4n) is 1.45. The van der Waals surface area contributed by atoms with Gasteiger partial charge in [0.05, 0.1) is 5.39 Å². The SMILES string of the molecule is Cn1c(=O)c2c(Br)ccnc2n(C)c1=O. The molecule has 78 valence electrons. The summed E-state index contributed by atoms with van der Waals surface area (Å²) in [7, 11) is 3.03. The van der Waals surface area contributed by atoms with Crippen molar-refractivity contribution < 1.29 is 0 Å². The Hall–Kier alpha value is -1.43. The first-order valence-electron chi connectivity index (χ1n) is 4.24. The van der Waals surface area contributed by atoms with E-state index in [4.69, 9.17) is 0 Å². The molecule has 2 rings (SSSR count). The molecule has 0 unspecified atom stereocenters. The molecule has 0 saturated carbocycles. The van der Waals surface area contributed by atoms with E-state index in [0.29, 0.717) is 15.5 Å². The van der Waals surface area contributed by atoms with Crippen molar-refractivity contribution in [1.82, 2.24) is 14.1 Å². The molecule has 0 aliphatic carbocycles. The molecule has 0 atom stereocenters. The highest BCUT2D eigenvalue weighted by atomic mass is 79.9. The number of pyridine rings is 1. The summed E-state index contributed by atoms with van der Waals surface area (Å²) in [5, 5.41) is 0.419. The van der Waals surface area contributed by atoms with Gasteiger partial charge in [0, 0.05) is 24.8 Å². The van der Waals surface area contributed by atoms with Gasteiger partial charge >= 0.3 is 5.69 Å². The molecule has 15 heavy (non-hydrogen) atoms. The molecule has 2 aromatic heterocycles. The van der Waals surface area contributed by atoms with Crippen molar-refractivity contribution in [2.24, 2.45) is 14.1 Å². The molecule has 0 radical (unpaired) electrons. The van der Waals surface area contributed by atoms with Gasteiger partial charge in [-0.2, -0.15) is 0 Å². The Bertz CT molecular complexity index is 657. The van der Waals surface area contributed by atoms with Gasteiger partial charge in [-0.05, 0) is 22.0 Å². The number of aromatic nitrogens is 3. The molecular formula is C9H8BrN3O2. The number of hydrogen-bond acceptors (Lipinski definition) is 3. The van der Waals surface area contributed by atoms with Gasteiger partial charge in [-0.25, -0.2) is 9.78 Å². The van der Waals surface area contributed by atoms with E-state index in [9.17, 15) is 9.59 Å². The zero-order valence-corrected chi connectivity index (χ0v) is 9.78. The smallest absolute Gasteiger partial charge is 0.280 e. The molecule has 0 bridgehead atoms. The lowest BCUT2D eigenvalue weighted by atomic mass is 10.3. The van der Waals surface area contributed by atoms with Crippen LogP contribution in [0.1, 0.15) is 0 Å². The van der Waals surface area contributed by atoms with E-state index in [0.717, 1.165) is 4.57 Å². The third-order valence-corrected chi connectivity index (χ3v) is 2.95. The van der Waals surface area contributed by atoms with Gasteiger partial charge < -0.3 is 0 Å². The zero-order chi connectivity index (χ0) is 11.2. The second kappa shape index (κ2) is 3.30. The Balaban J connectivity index is 3.23. The Morgan fingerprint density at radius 1 is 1.27 bits per heavy atom. The lowest BCUT2D eigenvalue weighted by molar-refractivity contribution is 0.707. The summed E-state index contributed by atoms with van der Waals surface area (Å²) in [5.74, 6) is 0. The molecule has 0 aliphatic rings. The monoisotopic (exact) mass is 269 g/mol. The molecule has 5 nitrogen and oxygen atoms in total. The van der Waals surface area contributed by atoms with E-state index in [1.807, 2.05) is 0 Å². The van der Waals surface area contributed by atoms with E-state index >= 15 is 0 Å². The highest BCUT2D eigenvalue weighted by Gasteiger charge is 2.11. The molecule has 0 spiro atoms. The van der Waals surface area contributed by atoms with Crippen LogP contribution in [0, 0.1) is 0 Å². The molecule has 0 N–H and O–H groups in total. The van der Waals surface area contributed by atoms with Gasteiger partial charge in [0.15, 0.2) is 0 Å². The maximum absolute atomic E-state index is 11.8. The average Bonchev–Trinajstić information content (AvgIpc) is 2.23. The number of hydrogen-bond donors (Lipinski definition) is 0. The van der Waals surface area contributed by atoms with Crippen molar-refractivity contribution >= 4 is 27.0 Å². The van der Waals surface area contributed by atoms with Crippen LogP contribution in [0.15, 0.2) is 26.3 Å². The second-order valence-corrected chi connectivity index (χ2v) is 4.05. The van der Waals surface area contributed by atoms with Crippen LogP contribution in [0.5, 0.6) is 0 Å². The van der Waals surface area contributed by atoms with Crippen molar-refractivity contribution in [1.29, 1.82) is 0 Å². The van der Waals surface area contributed by atoms with E-state index < -0.39 is 0 Å². The van der Waals surface area contributed by atoms with Crippen molar-refractivity contribution in [3.8, 4) is 0 Å². The van der Waals surface area contributed by atoms with Gasteiger partial charge in [-0.15, -0.1) is 0 Å². The van der Waals surface area contributed by atoms with Crippen LogP contribution in [-0.2, 0) is 14.1 Å². The topological polar surface area (TPSA) is 56.9 Å². The highest BCUT2D eigenvalue weighted by molar-refractivity contribution is 9.10. The van der Waals surface area contributed by atoms with Crippen LogP contribution in [0.3, 0.4) is 0 Å². The second-order valence-electron chi connectivity index (χ2n) is 3.20. The summed E-state index contributed by atoms with van der Waals surface area (Å²) in [4.78, 5) is 27.4. The van der Waals surface area contributed by atoms with Crippen LogP contribution < -0.4 is 11.2 Å². The van der Waals surface area contributed by atoms with Gasteiger partial charge in [0.1, 0.15) is 5.65 Å². The van der Waals surface area contributed by atoms with Crippen LogP contribution in [0.4, 0.5) is 0 Å². The lowest BCUT2D eigenvalue weighted by Crippen LogP contribution is -2.37.